The van der Waals surface area contributed by atoms with Gasteiger partial charge in [0.25, 0.3) is 0 Å². The molecule has 1 heteroatoms. The van der Waals surface area contributed by atoms with E-state index in [-0.39, 0.29) is 0 Å². The molecule has 0 aliphatic heterocycles. The van der Waals surface area contributed by atoms with Crippen LogP contribution in [0.15, 0.2) is 24.3 Å². The number of hydrogen-bond donors (Lipinski definition) is 0. The molecule has 0 fully saturated rings. The van der Waals surface area contributed by atoms with Crippen LogP contribution < -0.4 is 0 Å². The van der Waals surface area contributed by atoms with Crippen molar-refractivity contribution in [1.82, 2.24) is 0 Å². The van der Waals surface area contributed by atoms with Gasteiger partial charge in [0.2, 0.25) is 0 Å². The highest BCUT2D eigenvalue weighted by Crippen LogP contribution is 2.03. The molecule has 0 unspecified atom stereocenters. The number of halogens is 1. The Morgan fingerprint density at radius 2 is 1.20 bits per heavy atom. The largest absolute Gasteiger partial charge is 0.127 e. The Morgan fingerprint density at radius 1 is 0.733 bits per heavy atom. The third-order valence-electron chi connectivity index (χ3n) is 2.28. The molecule has 0 spiro atoms. The summed E-state index contributed by atoms with van der Waals surface area (Å²) in [5, 5.41) is 0. The van der Waals surface area contributed by atoms with Crippen LogP contribution in [0, 0.1) is 0 Å². The summed E-state index contributed by atoms with van der Waals surface area (Å²) in [6, 6.07) is 0. The van der Waals surface area contributed by atoms with Crippen molar-refractivity contribution >= 4 is 11.6 Å². The smallest absolute Gasteiger partial charge is 0.0226 e. The Kier molecular flexibility index (Phi) is 13.6. The van der Waals surface area contributed by atoms with Gasteiger partial charge in [0.05, 0.1) is 0 Å². The molecule has 0 aliphatic carbocycles. The summed E-state index contributed by atoms with van der Waals surface area (Å²) in [5.74, 6) is 0.784. The van der Waals surface area contributed by atoms with E-state index in [1.165, 1.54) is 38.5 Å². The van der Waals surface area contributed by atoms with Crippen molar-refractivity contribution in [3.63, 3.8) is 0 Å². The van der Waals surface area contributed by atoms with Crippen LogP contribution in [0.5, 0.6) is 0 Å². The Balaban J connectivity index is 3.07. The normalized spacial score (nSPS) is 11.9. The number of allylic oxidation sites excluding steroid dienone is 4. The highest BCUT2D eigenvalue weighted by molar-refractivity contribution is 6.17. The molecular formula is C14H25Cl. The average Bonchev–Trinajstić information content (AvgIpc) is 2.26. The molecule has 0 aromatic carbocycles. The molecule has 0 rings (SSSR count). The highest BCUT2D eigenvalue weighted by atomic mass is 35.5. The number of alkyl halides is 1. The first-order valence-electron chi connectivity index (χ1n) is 6.27. The fraction of sp³-hybridized carbons (Fsp3) is 0.714. The van der Waals surface area contributed by atoms with E-state index in [1.807, 2.05) is 0 Å². The Morgan fingerprint density at radius 3 is 1.67 bits per heavy atom. The lowest BCUT2D eigenvalue weighted by Crippen LogP contribution is -1.74. The van der Waals surface area contributed by atoms with Gasteiger partial charge in [0.1, 0.15) is 0 Å². The summed E-state index contributed by atoms with van der Waals surface area (Å²) in [7, 11) is 0. The molecule has 88 valence electrons. The topological polar surface area (TPSA) is 0 Å². The second kappa shape index (κ2) is 13.8. The van der Waals surface area contributed by atoms with Crippen molar-refractivity contribution in [2.75, 3.05) is 5.88 Å². The Hall–Kier alpha value is -0.230. The third kappa shape index (κ3) is 13.8. The van der Waals surface area contributed by atoms with Crippen LogP contribution in [0.2, 0.25) is 0 Å². The zero-order chi connectivity index (χ0) is 11.2. The van der Waals surface area contributed by atoms with E-state index in [4.69, 9.17) is 11.6 Å². The Bertz CT molecular complexity index is 159. The molecule has 0 saturated heterocycles. The summed E-state index contributed by atoms with van der Waals surface area (Å²) in [6.45, 7) is 2.22. The van der Waals surface area contributed by atoms with Gasteiger partial charge < -0.3 is 0 Å². The maximum atomic E-state index is 5.58. The van der Waals surface area contributed by atoms with Crippen molar-refractivity contribution in [2.45, 2.75) is 58.3 Å². The minimum atomic E-state index is 0.784. The fourth-order valence-corrected chi connectivity index (χ4v) is 1.51. The van der Waals surface area contributed by atoms with Gasteiger partial charge in [-0.2, -0.15) is 0 Å². The first-order chi connectivity index (χ1) is 7.41. The lowest BCUT2D eigenvalue weighted by Gasteiger charge is -1.93. The predicted molar refractivity (Wildman–Crippen MR) is 71.6 cm³/mol. The van der Waals surface area contributed by atoms with Gasteiger partial charge in [0.15, 0.2) is 0 Å². The van der Waals surface area contributed by atoms with Crippen LogP contribution in [0.25, 0.3) is 0 Å². The van der Waals surface area contributed by atoms with Crippen LogP contribution in [0.1, 0.15) is 58.3 Å². The number of hydrogen-bond acceptors (Lipinski definition) is 0. The third-order valence-corrected chi connectivity index (χ3v) is 2.55. The Labute approximate surface area is 100 Å². The molecule has 0 aromatic heterocycles. The lowest BCUT2D eigenvalue weighted by molar-refractivity contribution is 0.757. The molecule has 0 aromatic rings. The van der Waals surface area contributed by atoms with Crippen LogP contribution >= 0.6 is 11.6 Å². The monoisotopic (exact) mass is 228 g/mol. The van der Waals surface area contributed by atoms with E-state index in [2.05, 4.69) is 31.2 Å². The summed E-state index contributed by atoms with van der Waals surface area (Å²) >= 11 is 5.58. The summed E-state index contributed by atoms with van der Waals surface area (Å²) in [4.78, 5) is 0. The van der Waals surface area contributed by atoms with E-state index in [1.54, 1.807) is 0 Å². The molecular weight excluding hydrogens is 204 g/mol. The van der Waals surface area contributed by atoms with Crippen molar-refractivity contribution in [2.24, 2.45) is 0 Å². The lowest BCUT2D eigenvalue weighted by atomic mass is 10.1. The van der Waals surface area contributed by atoms with Gasteiger partial charge in [-0.25, -0.2) is 0 Å². The minimum absolute atomic E-state index is 0.784. The SMILES string of the molecule is CCC/C=C\CCCC/C=C/CCCCl. The number of unbranched alkanes of at least 4 members (excludes halogenated alkanes) is 5. The van der Waals surface area contributed by atoms with Crippen LogP contribution in [0.4, 0.5) is 0 Å². The van der Waals surface area contributed by atoms with Gasteiger partial charge in [-0.15, -0.1) is 11.6 Å². The molecule has 0 bridgehead atoms. The van der Waals surface area contributed by atoms with E-state index in [9.17, 15) is 0 Å². The molecule has 0 nitrogen and oxygen atoms in total. The van der Waals surface area contributed by atoms with Gasteiger partial charge >= 0.3 is 0 Å². The zero-order valence-corrected chi connectivity index (χ0v) is 10.8. The highest BCUT2D eigenvalue weighted by Gasteiger charge is 1.84. The van der Waals surface area contributed by atoms with Crippen molar-refractivity contribution in [1.29, 1.82) is 0 Å². The van der Waals surface area contributed by atoms with Gasteiger partial charge in [0, 0.05) is 5.88 Å². The van der Waals surface area contributed by atoms with Crippen molar-refractivity contribution < 1.29 is 0 Å². The summed E-state index contributed by atoms with van der Waals surface area (Å²) in [6.07, 6.45) is 19.0. The van der Waals surface area contributed by atoms with Gasteiger partial charge in [-0.05, 0) is 44.9 Å². The van der Waals surface area contributed by atoms with Crippen molar-refractivity contribution in [3.05, 3.63) is 24.3 Å². The van der Waals surface area contributed by atoms with Crippen LogP contribution in [0.3, 0.4) is 0 Å². The quantitative estimate of drug-likeness (QED) is 0.264. The van der Waals surface area contributed by atoms with E-state index in [0.717, 1.165) is 18.7 Å². The first-order valence-corrected chi connectivity index (χ1v) is 6.81. The maximum Gasteiger partial charge on any atom is 0.0226 e. The molecule has 0 saturated carbocycles. The molecule has 0 radical (unpaired) electrons. The van der Waals surface area contributed by atoms with Crippen molar-refractivity contribution in [3.8, 4) is 0 Å². The molecule has 0 atom stereocenters. The minimum Gasteiger partial charge on any atom is -0.127 e. The van der Waals surface area contributed by atoms with Crippen LogP contribution in [-0.2, 0) is 0 Å². The first kappa shape index (κ1) is 14.8. The molecule has 15 heavy (non-hydrogen) atoms. The number of rotatable bonds is 10. The molecule has 0 aliphatic rings. The van der Waals surface area contributed by atoms with E-state index < -0.39 is 0 Å². The molecule has 0 N–H and O–H groups in total. The van der Waals surface area contributed by atoms with E-state index in [0.29, 0.717) is 0 Å². The maximum absolute atomic E-state index is 5.58. The fourth-order valence-electron chi connectivity index (χ4n) is 1.36. The molecule has 0 amide bonds. The van der Waals surface area contributed by atoms with Crippen LogP contribution in [-0.4, -0.2) is 5.88 Å². The molecule has 0 heterocycles. The van der Waals surface area contributed by atoms with Gasteiger partial charge in [-0.1, -0.05) is 37.6 Å². The van der Waals surface area contributed by atoms with E-state index >= 15 is 0 Å². The van der Waals surface area contributed by atoms with Gasteiger partial charge in [-0.3, -0.25) is 0 Å². The summed E-state index contributed by atoms with van der Waals surface area (Å²) < 4.78 is 0. The predicted octanol–water partition coefficient (Wildman–Crippen LogP) is 5.48. The second-order valence-electron chi connectivity index (χ2n) is 3.85. The average molecular weight is 229 g/mol. The second-order valence-corrected chi connectivity index (χ2v) is 4.23. The summed E-state index contributed by atoms with van der Waals surface area (Å²) in [5.41, 5.74) is 0. The standard InChI is InChI=1S/C14H25Cl/c1-2-3-4-5-6-7-8-9-10-11-12-13-14-15/h4-5,10-11H,2-3,6-9,12-14H2,1H3/b5-4-,11-10+. The zero-order valence-electron chi connectivity index (χ0n) is 10.1.